The van der Waals surface area contributed by atoms with Gasteiger partial charge in [-0.15, -0.1) is 10.2 Å². The van der Waals surface area contributed by atoms with Crippen molar-refractivity contribution >= 4 is 39.5 Å². The number of unbranched alkanes of at least 4 members (excludes halogenated alkanes) is 12. The minimum atomic E-state index is -3.81. The minimum absolute atomic E-state index is 0.0131. The number of hydrogen-bond acceptors (Lipinski definition) is 12. The summed E-state index contributed by atoms with van der Waals surface area (Å²) < 4.78 is 37.1. The number of aromatic nitrogens is 4. The number of amides is 3. The molecular formula is C34H61N7O10S. The van der Waals surface area contributed by atoms with Gasteiger partial charge in [-0.25, -0.2) is 8.42 Å². The number of sulfonamides is 1. The zero-order valence-electron chi connectivity index (χ0n) is 30.8. The second-order valence-corrected chi connectivity index (χ2v) is 14.7. The molecule has 18 heteroatoms. The predicted molar refractivity (Wildman–Crippen MR) is 192 cm³/mol. The zero-order valence-corrected chi connectivity index (χ0v) is 31.6. The minimum Gasteiger partial charge on any atom is -0.481 e. The molecule has 0 aliphatic heterocycles. The van der Waals surface area contributed by atoms with Crippen LogP contribution >= 0.6 is 0 Å². The molecule has 0 saturated carbocycles. The molecule has 0 aliphatic carbocycles. The summed E-state index contributed by atoms with van der Waals surface area (Å²) in [6.07, 6.45) is 15.5. The molecular weight excluding hydrogens is 698 g/mol. The van der Waals surface area contributed by atoms with Crippen LogP contribution in [0, 0.1) is 5.92 Å². The van der Waals surface area contributed by atoms with E-state index >= 15 is 0 Å². The number of nitrogens with zero attached hydrogens (tertiary/aromatic N) is 3. The number of aromatic amines is 1. The number of hydrogen-bond donors (Lipinski definition) is 5. The number of nitrogens with one attached hydrogen (secondary N) is 4. The molecule has 52 heavy (non-hydrogen) atoms. The Bertz CT molecular complexity index is 1250. The fraction of sp³-hybridized carbons (Fsp3) is 0.824. The van der Waals surface area contributed by atoms with E-state index in [0.29, 0.717) is 6.42 Å². The van der Waals surface area contributed by atoms with Gasteiger partial charge in [0.05, 0.1) is 31.5 Å². The van der Waals surface area contributed by atoms with Crippen LogP contribution in [0.2, 0.25) is 0 Å². The summed E-state index contributed by atoms with van der Waals surface area (Å²) in [4.78, 5) is 58.7. The first-order valence-corrected chi connectivity index (χ1v) is 20.3. The number of aliphatic carboxylic acids is 1. The quantitative estimate of drug-likeness (QED) is 0.0626. The lowest BCUT2D eigenvalue weighted by Crippen LogP contribution is -2.33. The van der Waals surface area contributed by atoms with E-state index in [1.165, 1.54) is 58.4 Å². The van der Waals surface area contributed by atoms with Gasteiger partial charge < -0.3 is 25.2 Å². The molecule has 1 aromatic rings. The number of carboxylic acid groups (broad SMARTS) is 1. The van der Waals surface area contributed by atoms with Crippen LogP contribution < -0.4 is 15.4 Å². The van der Waals surface area contributed by atoms with Crippen LogP contribution in [-0.2, 0) is 49.9 Å². The zero-order chi connectivity index (χ0) is 38.3. The number of ketones is 1. The lowest BCUT2D eigenvalue weighted by Gasteiger charge is -2.11. The van der Waals surface area contributed by atoms with Gasteiger partial charge in [0, 0.05) is 45.7 Å². The molecule has 1 unspecified atom stereocenters. The normalized spacial score (nSPS) is 11.9. The van der Waals surface area contributed by atoms with E-state index in [2.05, 4.69) is 36.0 Å². The van der Waals surface area contributed by atoms with Crippen molar-refractivity contribution in [3.8, 4) is 0 Å². The van der Waals surface area contributed by atoms with Crippen molar-refractivity contribution in [2.75, 3.05) is 45.8 Å². The largest absolute Gasteiger partial charge is 0.481 e. The Labute approximate surface area is 307 Å². The average molecular weight is 760 g/mol. The third-order valence-corrected chi connectivity index (χ3v) is 9.67. The second kappa shape index (κ2) is 30.0. The predicted octanol–water partition coefficient (Wildman–Crippen LogP) is 2.77. The molecule has 1 heterocycles. The Morgan fingerprint density at radius 1 is 0.750 bits per heavy atom. The van der Waals surface area contributed by atoms with Crippen LogP contribution in [0.15, 0.2) is 0 Å². The van der Waals surface area contributed by atoms with Crippen molar-refractivity contribution < 1.29 is 47.0 Å². The van der Waals surface area contributed by atoms with Crippen molar-refractivity contribution in [1.82, 2.24) is 36.0 Å². The SMILES string of the molecule is CNC(=O)CCC(CC(=O)COCCOCCNC(=O)CCCS(=O)(=O)NC(=O)CCCCCCCCCCCCCCCc1nn[nH]n1)C(=O)O. The van der Waals surface area contributed by atoms with E-state index in [9.17, 15) is 37.5 Å². The first kappa shape index (κ1) is 46.5. The molecule has 17 nitrogen and oxygen atoms in total. The smallest absolute Gasteiger partial charge is 0.306 e. The van der Waals surface area contributed by atoms with Crippen molar-refractivity contribution in [3.63, 3.8) is 0 Å². The maximum absolute atomic E-state index is 12.2. The van der Waals surface area contributed by atoms with Crippen LogP contribution in [0.3, 0.4) is 0 Å². The molecule has 0 radical (unpaired) electrons. The van der Waals surface area contributed by atoms with Gasteiger partial charge in [-0.2, -0.15) is 5.21 Å². The number of H-pyrrole nitrogens is 1. The fourth-order valence-corrected chi connectivity index (χ4v) is 6.41. The van der Waals surface area contributed by atoms with Gasteiger partial charge in [-0.3, -0.25) is 28.7 Å². The molecule has 298 valence electrons. The number of aryl methyl sites for hydroxylation is 1. The molecule has 0 saturated heterocycles. The van der Waals surface area contributed by atoms with E-state index in [1.54, 1.807) is 0 Å². The number of carbonyl (C=O) groups is 5. The number of Topliss-reactive ketones (excluding diaryl/α,β-unsaturated/α-hetero) is 1. The molecule has 0 bridgehead atoms. The van der Waals surface area contributed by atoms with Gasteiger partial charge in [-0.05, 0) is 25.7 Å². The van der Waals surface area contributed by atoms with Gasteiger partial charge in [0.2, 0.25) is 27.7 Å². The maximum Gasteiger partial charge on any atom is 0.306 e. The highest BCUT2D eigenvalue weighted by atomic mass is 32.2. The highest BCUT2D eigenvalue weighted by molar-refractivity contribution is 7.90. The molecule has 1 rings (SSSR count). The molecule has 1 aromatic heterocycles. The summed E-state index contributed by atoms with van der Waals surface area (Å²) in [5, 5.41) is 28.2. The molecule has 0 aliphatic rings. The highest BCUT2D eigenvalue weighted by Gasteiger charge is 2.22. The van der Waals surface area contributed by atoms with Gasteiger partial charge in [0.1, 0.15) is 6.61 Å². The van der Waals surface area contributed by atoms with Crippen LogP contribution in [0.5, 0.6) is 0 Å². The number of carboxylic acids is 1. The van der Waals surface area contributed by atoms with Crippen molar-refractivity contribution in [2.45, 2.75) is 128 Å². The molecule has 0 aromatic carbocycles. The first-order valence-electron chi connectivity index (χ1n) is 18.6. The van der Waals surface area contributed by atoms with E-state index in [4.69, 9.17) is 9.47 Å². The number of tetrazole rings is 1. The van der Waals surface area contributed by atoms with Gasteiger partial charge in [-0.1, -0.05) is 75.8 Å². The van der Waals surface area contributed by atoms with Gasteiger partial charge >= 0.3 is 5.97 Å². The maximum atomic E-state index is 12.2. The lowest BCUT2D eigenvalue weighted by atomic mass is 9.97. The van der Waals surface area contributed by atoms with Crippen molar-refractivity contribution in [1.29, 1.82) is 0 Å². The van der Waals surface area contributed by atoms with Crippen molar-refractivity contribution in [2.24, 2.45) is 5.92 Å². The third kappa shape index (κ3) is 27.2. The van der Waals surface area contributed by atoms with Gasteiger partial charge in [0.25, 0.3) is 0 Å². The molecule has 0 fully saturated rings. The molecule has 1 atom stereocenters. The van der Waals surface area contributed by atoms with Crippen LogP contribution in [0.1, 0.15) is 128 Å². The molecule has 3 amide bonds. The van der Waals surface area contributed by atoms with Crippen molar-refractivity contribution in [3.05, 3.63) is 5.82 Å². The Kier molecular flexibility index (Phi) is 26.8. The van der Waals surface area contributed by atoms with Gasteiger partial charge in [0.15, 0.2) is 11.6 Å². The lowest BCUT2D eigenvalue weighted by molar-refractivity contribution is -0.144. The number of ether oxygens (including phenoxy) is 2. The first-order chi connectivity index (χ1) is 25.0. The summed E-state index contributed by atoms with van der Waals surface area (Å²) in [5.74, 6) is -3.22. The average Bonchev–Trinajstić information content (AvgIpc) is 3.62. The van der Waals surface area contributed by atoms with Crippen LogP contribution in [-0.4, -0.2) is 109 Å². The Hall–Kier alpha value is -3.51. The number of carbonyl (C=O) groups excluding carboxylic acids is 4. The van der Waals surface area contributed by atoms with E-state index in [-0.39, 0.29) is 89.1 Å². The molecule has 0 spiro atoms. The topological polar surface area (TPSA) is 249 Å². The fourth-order valence-electron chi connectivity index (χ4n) is 5.33. The van der Waals surface area contributed by atoms with E-state index in [0.717, 1.165) is 37.9 Å². The number of rotatable bonds is 35. The summed E-state index contributed by atoms with van der Waals surface area (Å²) in [5.41, 5.74) is 0. The third-order valence-electron chi connectivity index (χ3n) is 8.31. The van der Waals surface area contributed by atoms with Crippen LogP contribution in [0.25, 0.3) is 0 Å². The summed E-state index contributed by atoms with van der Waals surface area (Å²) in [6, 6.07) is 0. The van der Waals surface area contributed by atoms with E-state index in [1.807, 2.05) is 0 Å². The monoisotopic (exact) mass is 759 g/mol. The Balaban J connectivity index is 1.93. The Morgan fingerprint density at radius 2 is 1.35 bits per heavy atom. The summed E-state index contributed by atoms with van der Waals surface area (Å²) in [7, 11) is -2.36. The summed E-state index contributed by atoms with van der Waals surface area (Å²) in [6.45, 7) is 0.325. The standard InChI is InChI=1S/C34H61N7O10S/c1-35-31(43)20-19-28(34(46)47)26-29(42)27-51-24-23-50-22-21-36-32(44)18-15-25-52(48,49)39-33(45)17-14-12-10-8-6-4-2-3-5-7-9-11-13-16-30-37-40-41-38-30/h28H,2-27H2,1H3,(H,35,43)(H,36,44)(H,39,45)(H,46,47)(H,37,38,40,41). The summed E-state index contributed by atoms with van der Waals surface area (Å²) >= 11 is 0. The highest BCUT2D eigenvalue weighted by Crippen LogP contribution is 2.14. The van der Waals surface area contributed by atoms with E-state index < -0.39 is 33.6 Å². The molecule has 5 N–H and O–H groups in total. The second-order valence-electron chi connectivity index (χ2n) is 12.9. The Morgan fingerprint density at radius 3 is 1.94 bits per heavy atom. The van der Waals surface area contributed by atoms with Crippen LogP contribution in [0.4, 0.5) is 0 Å².